The third-order valence-corrected chi connectivity index (χ3v) is 4.31. The van der Waals surface area contributed by atoms with Crippen molar-refractivity contribution in [2.45, 2.75) is 6.54 Å². The topological polar surface area (TPSA) is 38.3 Å². The molecule has 0 unspecified atom stereocenters. The molecule has 0 spiro atoms. The van der Waals surface area contributed by atoms with Gasteiger partial charge in [-0.25, -0.2) is 4.39 Å². The molecule has 3 rings (SSSR count). The van der Waals surface area contributed by atoms with E-state index >= 15 is 0 Å². The lowest BCUT2D eigenvalue weighted by Crippen LogP contribution is -2.10. The molecule has 0 saturated heterocycles. The van der Waals surface area contributed by atoms with Gasteiger partial charge in [-0.05, 0) is 23.8 Å². The predicted octanol–water partition coefficient (Wildman–Crippen LogP) is 5.33. The fourth-order valence-corrected chi connectivity index (χ4v) is 2.85. The number of hydrogen-bond donors (Lipinski definition) is 1. The van der Waals surface area contributed by atoms with E-state index in [-0.39, 0.29) is 17.1 Å². The molecule has 0 aliphatic carbocycles. The highest BCUT2D eigenvalue weighted by Crippen LogP contribution is 2.30. The second-order valence-electron chi connectivity index (χ2n) is 5.68. The standard InChI is InChI=1S/C21H17ClFNO2/c1-26-20-12-19(24-13-14-7-3-2-4-8-14)16(11-18(20)23)21(25)15-9-5-6-10-17(15)22/h2-12,24H,13H2,1H3. The van der Waals surface area contributed by atoms with Crippen LogP contribution in [0.2, 0.25) is 5.02 Å². The monoisotopic (exact) mass is 369 g/mol. The van der Waals surface area contributed by atoms with E-state index in [2.05, 4.69) is 5.32 Å². The van der Waals surface area contributed by atoms with Crippen molar-refractivity contribution in [3.05, 3.63) is 94.3 Å². The number of benzene rings is 3. The van der Waals surface area contributed by atoms with Crippen molar-refractivity contribution in [1.82, 2.24) is 0 Å². The highest BCUT2D eigenvalue weighted by atomic mass is 35.5. The van der Waals surface area contributed by atoms with Gasteiger partial charge >= 0.3 is 0 Å². The lowest BCUT2D eigenvalue weighted by molar-refractivity contribution is 0.103. The Labute approximate surface area is 156 Å². The van der Waals surface area contributed by atoms with Gasteiger partial charge in [0.05, 0.1) is 12.1 Å². The average molecular weight is 370 g/mol. The highest BCUT2D eigenvalue weighted by Gasteiger charge is 2.19. The van der Waals surface area contributed by atoms with E-state index in [1.807, 2.05) is 30.3 Å². The van der Waals surface area contributed by atoms with Crippen molar-refractivity contribution in [1.29, 1.82) is 0 Å². The van der Waals surface area contributed by atoms with Crippen LogP contribution in [0, 0.1) is 5.82 Å². The summed E-state index contributed by atoms with van der Waals surface area (Å²) in [5.41, 5.74) is 2.04. The second-order valence-corrected chi connectivity index (χ2v) is 6.09. The second kappa shape index (κ2) is 8.02. The highest BCUT2D eigenvalue weighted by molar-refractivity contribution is 6.35. The van der Waals surface area contributed by atoms with Crippen molar-refractivity contribution >= 4 is 23.1 Å². The Balaban J connectivity index is 1.99. The summed E-state index contributed by atoms with van der Waals surface area (Å²) in [6.07, 6.45) is 0. The summed E-state index contributed by atoms with van der Waals surface area (Å²) in [4.78, 5) is 12.9. The normalized spacial score (nSPS) is 10.4. The third kappa shape index (κ3) is 3.86. The molecule has 0 aliphatic heterocycles. The van der Waals surface area contributed by atoms with Gasteiger partial charge in [-0.2, -0.15) is 0 Å². The Kier molecular flexibility index (Phi) is 5.54. The molecule has 0 fully saturated rings. The van der Waals surface area contributed by atoms with Crippen LogP contribution in [-0.2, 0) is 6.54 Å². The van der Waals surface area contributed by atoms with E-state index < -0.39 is 5.82 Å². The third-order valence-electron chi connectivity index (χ3n) is 3.98. The Morgan fingerprint density at radius 3 is 2.42 bits per heavy atom. The molecule has 0 radical (unpaired) electrons. The van der Waals surface area contributed by atoms with Gasteiger partial charge in [-0.3, -0.25) is 4.79 Å². The van der Waals surface area contributed by atoms with E-state index in [1.54, 1.807) is 24.3 Å². The molecule has 3 nitrogen and oxygen atoms in total. The molecular weight excluding hydrogens is 353 g/mol. The van der Waals surface area contributed by atoms with Gasteiger partial charge in [0.2, 0.25) is 0 Å². The number of hydrogen-bond acceptors (Lipinski definition) is 3. The van der Waals surface area contributed by atoms with Crippen LogP contribution in [0.1, 0.15) is 21.5 Å². The van der Waals surface area contributed by atoms with Crippen LogP contribution in [0.4, 0.5) is 10.1 Å². The number of methoxy groups -OCH3 is 1. The van der Waals surface area contributed by atoms with Crippen LogP contribution in [0.3, 0.4) is 0 Å². The van der Waals surface area contributed by atoms with Crippen molar-refractivity contribution in [2.75, 3.05) is 12.4 Å². The summed E-state index contributed by atoms with van der Waals surface area (Å²) in [5, 5.41) is 3.51. The minimum atomic E-state index is -0.604. The maximum Gasteiger partial charge on any atom is 0.196 e. The number of rotatable bonds is 6. The van der Waals surface area contributed by atoms with Crippen molar-refractivity contribution in [3.63, 3.8) is 0 Å². The van der Waals surface area contributed by atoms with Gasteiger partial charge in [-0.1, -0.05) is 54.1 Å². The zero-order valence-corrected chi connectivity index (χ0v) is 14.9. The molecule has 0 amide bonds. The van der Waals surface area contributed by atoms with Gasteiger partial charge in [0.25, 0.3) is 0 Å². The summed E-state index contributed by atoms with van der Waals surface area (Å²) in [5.74, 6) is -0.892. The number of ether oxygens (including phenoxy) is 1. The summed E-state index contributed by atoms with van der Waals surface area (Å²) in [6.45, 7) is 0.485. The summed E-state index contributed by atoms with van der Waals surface area (Å²) in [7, 11) is 1.38. The van der Waals surface area contributed by atoms with Crippen molar-refractivity contribution < 1.29 is 13.9 Å². The molecular formula is C21H17ClFNO2. The van der Waals surface area contributed by atoms with Gasteiger partial charge in [0.1, 0.15) is 0 Å². The minimum Gasteiger partial charge on any atom is -0.494 e. The molecule has 0 aliphatic rings. The van der Waals surface area contributed by atoms with Crippen LogP contribution in [0.5, 0.6) is 5.75 Å². The Hall–Kier alpha value is -2.85. The van der Waals surface area contributed by atoms with E-state index in [0.29, 0.717) is 22.8 Å². The van der Waals surface area contributed by atoms with Crippen LogP contribution in [0.15, 0.2) is 66.7 Å². The summed E-state index contributed by atoms with van der Waals surface area (Å²) < 4.78 is 19.3. The largest absolute Gasteiger partial charge is 0.494 e. The number of ketones is 1. The van der Waals surface area contributed by atoms with Crippen molar-refractivity contribution in [2.24, 2.45) is 0 Å². The summed E-state index contributed by atoms with van der Waals surface area (Å²) in [6, 6.07) is 19.1. The number of carbonyl (C=O) groups is 1. The van der Waals surface area contributed by atoms with Crippen LogP contribution < -0.4 is 10.1 Å². The Morgan fingerprint density at radius 1 is 1.04 bits per heavy atom. The SMILES string of the molecule is COc1cc(NCc2ccccc2)c(C(=O)c2ccccc2Cl)cc1F. The smallest absolute Gasteiger partial charge is 0.196 e. The zero-order chi connectivity index (χ0) is 18.5. The van der Waals surface area contributed by atoms with Crippen LogP contribution >= 0.6 is 11.6 Å². The first-order chi connectivity index (χ1) is 12.6. The maximum atomic E-state index is 14.2. The fraction of sp³-hybridized carbons (Fsp3) is 0.0952. The number of nitrogens with one attached hydrogen (secondary N) is 1. The van der Waals surface area contributed by atoms with E-state index in [9.17, 15) is 9.18 Å². The molecule has 26 heavy (non-hydrogen) atoms. The van der Waals surface area contributed by atoms with Crippen LogP contribution in [-0.4, -0.2) is 12.9 Å². The zero-order valence-electron chi connectivity index (χ0n) is 14.1. The molecule has 3 aromatic rings. The van der Waals surface area contributed by atoms with Crippen molar-refractivity contribution in [3.8, 4) is 5.75 Å². The summed E-state index contributed by atoms with van der Waals surface area (Å²) >= 11 is 6.13. The first-order valence-electron chi connectivity index (χ1n) is 8.04. The Morgan fingerprint density at radius 2 is 1.73 bits per heavy atom. The first-order valence-corrected chi connectivity index (χ1v) is 8.42. The molecule has 0 bridgehead atoms. The molecule has 0 aromatic heterocycles. The Bertz CT molecular complexity index is 929. The predicted molar refractivity (Wildman–Crippen MR) is 102 cm³/mol. The molecule has 0 heterocycles. The first kappa shape index (κ1) is 18.0. The average Bonchev–Trinajstić information content (AvgIpc) is 2.67. The number of carbonyl (C=O) groups excluding carboxylic acids is 1. The lowest BCUT2D eigenvalue weighted by atomic mass is 10.0. The fourth-order valence-electron chi connectivity index (χ4n) is 2.63. The number of anilines is 1. The maximum absolute atomic E-state index is 14.2. The molecule has 1 N–H and O–H groups in total. The van der Waals surface area contributed by atoms with Gasteiger partial charge in [0.15, 0.2) is 17.3 Å². The van der Waals surface area contributed by atoms with E-state index in [4.69, 9.17) is 16.3 Å². The van der Waals surface area contributed by atoms with Gasteiger partial charge in [0, 0.05) is 29.4 Å². The van der Waals surface area contributed by atoms with Gasteiger partial charge < -0.3 is 10.1 Å². The van der Waals surface area contributed by atoms with Gasteiger partial charge in [-0.15, -0.1) is 0 Å². The lowest BCUT2D eigenvalue weighted by Gasteiger charge is -2.14. The molecule has 132 valence electrons. The van der Waals surface area contributed by atoms with E-state index in [0.717, 1.165) is 5.56 Å². The molecule has 5 heteroatoms. The van der Waals surface area contributed by atoms with E-state index in [1.165, 1.54) is 19.2 Å². The molecule has 0 atom stereocenters. The number of halogens is 2. The minimum absolute atomic E-state index is 0.0660. The molecule has 3 aromatic carbocycles. The quantitative estimate of drug-likeness (QED) is 0.597. The molecule has 0 saturated carbocycles. The van der Waals surface area contributed by atoms with Crippen LogP contribution in [0.25, 0.3) is 0 Å².